The summed E-state index contributed by atoms with van der Waals surface area (Å²) >= 11 is 11.4. The summed E-state index contributed by atoms with van der Waals surface area (Å²) in [4.78, 5) is 22.2. The van der Waals surface area contributed by atoms with E-state index >= 15 is 0 Å². The molecule has 0 heterocycles. The summed E-state index contributed by atoms with van der Waals surface area (Å²) in [5.74, 6) is -0.571. The average molecular weight is 505 g/mol. The number of nitrogens with zero attached hydrogens (tertiary/aromatic N) is 1. The minimum absolute atomic E-state index is 0.00523. The summed E-state index contributed by atoms with van der Waals surface area (Å²) in [6, 6.07) is 8.88. The second-order valence-electron chi connectivity index (χ2n) is 4.80. The zero-order valence-electron chi connectivity index (χ0n) is 12.9. The van der Waals surface area contributed by atoms with Crippen LogP contribution < -0.4 is 15.4 Å². The number of amides is 1. The lowest BCUT2D eigenvalue weighted by Crippen LogP contribution is -2.37. The normalized spacial score (nSPS) is 10.1. The van der Waals surface area contributed by atoms with Crippen LogP contribution in [0.25, 0.3) is 0 Å². The van der Waals surface area contributed by atoms with E-state index in [0.717, 1.165) is 0 Å². The predicted molar refractivity (Wildman–Crippen MR) is 106 cm³/mol. The van der Waals surface area contributed by atoms with Crippen molar-refractivity contribution in [3.8, 4) is 11.5 Å². The Morgan fingerprint density at radius 2 is 1.88 bits per heavy atom. The number of halogens is 2. The summed E-state index contributed by atoms with van der Waals surface area (Å²) in [5, 5.41) is 25.7. The highest BCUT2D eigenvalue weighted by Crippen LogP contribution is 2.35. The van der Waals surface area contributed by atoms with Crippen molar-refractivity contribution in [3.05, 3.63) is 55.5 Å². The number of anilines is 1. The van der Waals surface area contributed by atoms with Gasteiger partial charge >= 0.3 is 5.69 Å². The maximum Gasteiger partial charge on any atom is 0.310 e. The van der Waals surface area contributed by atoms with Crippen LogP contribution in [0.5, 0.6) is 11.5 Å². The maximum absolute atomic E-state index is 11.9. The molecule has 0 aliphatic heterocycles. The molecular weight excluding hydrogens is 494 g/mol. The molecular formula is C15H11Br2N3O5S. The van der Waals surface area contributed by atoms with E-state index < -0.39 is 17.4 Å². The second-order valence-corrected chi connectivity index (χ2v) is 6.92. The van der Waals surface area contributed by atoms with Crippen LogP contribution in [0.2, 0.25) is 0 Å². The van der Waals surface area contributed by atoms with Gasteiger partial charge in [0.05, 0.1) is 13.9 Å². The highest BCUT2D eigenvalue weighted by atomic mass is 79.9. The number of nitrogens with one attached hydrogen (secondary N) is 2. The van der Waals surface area contributed by atoms with E-state index in [9.17, 15) is 20.0 Å². The molecule has 8 nitrogen and oxygen atoms in total. The topological polar surface area (TPSA) is 114 Å². The van der Waals surface area contributed by atoms with Crippen molar-refractivity contribution in [2.24, 2.45) is 0 Å². The van der Waals surface area contributed by atoms with Gasteiger partial charge < -0.3 is 15.2 Å². The van der Waals surface area contributed by atoms with Crippen molar-refractivity contribution in [2.75, 3.05) is 11.9 Å². The van der Waals surface area contributed by atoms with Crippen LogP contribution in [0, 0.1) is 10.1 Å². The number of para-hydroxylation sites is 2. The number of carbonyl (C=O) groups excluding carboxylic acids is 1. The molecule has 0 spiro atoms. The fraction of sp³-hybridized carbons (Fsp3) is 0.0667. The summed E-state index contributed by atoms with van der Waals surface area (Å²) in [7, 11) is 0. The predicted octanol–water partition coefficient (Wildman–Crippen LogP) is 3.72. The first-order chi connectivity index (χ1) is 12.3. The van der Waals surface area contributed by atoms with Gasteiger partial charge in [0.1, 0.15) is 5.75 Å². The van der Waals surface area contributed by atoms with Crippen molar-refractivity contribution in [3.63, 3.8) is 0 Å². The van der Waals surface area contributed by atoms with Gasteiger partial charge in [-0.3, -0.25) is 20.2 Å². The zero-order chi connectivity index (χ0) is 19.3. The lowest BCUT2D eigenvalue weighted by molar-refractivity contribution is -0.385. The Kier molecular flexibility index (Phi) is 6.89. The molecule has 2 aromatic carbocycles. The van der Waals surface area contributed by atoms with Crippen LogP contribution in [0.3, 0.4) is 0 Å². The zero-order valence-corrected chi connectivity index (χ0v) is 16.9. The molecule has 26 heavy (non-hydrogen) atoms. The lowest BCUT2D eigenvalue weighted by atomic mass is 10.3. The Labute approximate surface area is 169 Å². The van der Waals surface area contributed by atoms with Crippen LogP contribution in [-0.2, 0) is 4.79 Å². The smallest absolute Gasteiger partial charge is 0.310 e. The number of rotatable bonds is 5. The van der Waals surface area contributed by atoms with Gasteiger partial charge in [-0.25, -0.2) is 0 Å². The third kappa shape index (κ3) is 5.38. The summed E-state index contributed by atoms with van der Waals surface area (Å²) in [6.45, 7) is -0.449. The van der Waals surface area contributed by atoms with Crippen molar-refractivity contribution in [1.82, 2.24) is 5.32 Å². The second kappa shape index (κ2) is 8.92. The molecule has 0 aromatic heterocycles. The van der Waals surface area contributed by atoms with Gasteiger partial charge in [0.2, 0.25) is 0 Å². The number of benzene rings is 2. The Morgan fingerprint density at radius 3 is 2.50 bits per heavy atom. The molecule has 2 aromatic rings. The third-order valence-electron chi connectivity index (χ3n) is 2.95. The molecule has 0 radical (unpaired) electrons. The first kappa shape index (κ1) is 20.1. The number of carbonyl (C=O) groups is 1. The minimum Gasteiger partial charge on any atom is -0.506 e. The number of phenolic OH excluding ortho intramolecular Hbond substituents is 1. The molecule has 3 N–H and O–H groups in total. The number of nitro benzene ring substituents is 1. The number of phenols is 1. The Bertz CT molecular complexity index is 855. The van der Waals surface area contributed by atoms with Gasteiger partial charge in [-0.15, -0.1) is 0 Å². The first-order valence-corrected chi connectivity index (χ1v) is 8.92. The van der Waals surface area contributed by atoms with E-state index in [-0.39, 0.29) is 22.3 Å². The van der Waals surface area contributed by atoms with Crippen LogP contribution >= 0.6 is 44.1 Å². The number of hydrogen-bond donors (Lipinski definition) is 3. The standard InChI is InChI=1S/C15H11Br2N3O5S/c16-9-5-8(6-10(17)14(9)22)18-15(26)19-13(21)7-25-12-4-2-1-3-11(12)20(23)24/h1-6,22H,7H2,(H2,18,19,21,26). The molecule has 0 saturated heterocycles. The molecule has 0 bridgehead atoms. The monoisotopic (exact) mass is 503 g/mol. The van der Waals surface area contributed by atoms with Crippen molar-refractivity contribution < 1.29 is 19.6 Å². The summed E-state index contributed by atoms with van der Waals surface area (Å²) in [6.07, 6.45) is 0. The molecule has 0 saturated carbocycles. The molecule has 0 unspecified atom stereocenters. The molecule has 1 amide bonds. The van der Waals surface area contributed by atoms with Gasteiger partial charge in [-0.1, -0.05) is 12.1 Å². The number of aromatic hydroxyl groups is 1. The van der Waals surface area contributed by atoms with E-state index in [2.05, 4.69) is 42.5 Å². The minimum atomic E-state index is -0.597. The largest absolute Gasteiger partial charge is 0.506 e. The third-order valence-corrected chi connectivity index (χ3v) is 4.36. The Hall–Kier alpha value is -2.24. The quantitative estimate of drug-likeness (QED) is 0.246. The maximum atomic E-state index is 11.9. The van der Waals surface area contributed by atoms with Gasteiger partial charge in [0.25, 0.3) is 5.91 Å². The fourth-order valence-electron chi connectivity index (χ4n) is 1.84. The van der Waals surface area contributed by atoms with Gasteiger partial charge in [-0.05, 0) is 62.3 Å². The van der Waals surface area contributed by atoms with E-state index in [4.69, 9.17) is 17.0 Å². The number of hydrogen-bond acceptors (Lipinski definition) is 6. The lowest BCUT2D eigenvalue weighted by Gasteiger charge is -2.12. The van der Waals surface area contributed by atoms with Gasteiger partial charge in [-0.2, -0.15) is 0 Å². The summed E-state index contributed by atoms with van der Waals surface area (Å²) in [5.41, 5.74) is 0.284. The molecule has 11 heteroatoms. The number of thiocarbonyl (C=S) groups is 1. The molecule has 2 rings (SSSR count). The summed E-state index contributed by atoms with van der Waals surface area (Å²) < 4.78 is 6.04. The van der Waals surface area contributed by atoms with Gasteiger partial charge in [0, 0.05) is 11.8 Å². The highest BCUT2D eigenvalue weighted by molar-refractivity contribution is 9.11. The van der Waals surface area contributed by atoms with E-state index in [1.54, 1.807) is 18.2 Å². The Morgan fingerprint density at radius 1 is 1.27 bits per heavy atom. The first-order valence-electron chi connectivity index (χ1n) is 6.93. The van der Waals surface area contributed by atoms with Crippen molar-refractivity contribution >= 4 is 66.5 Å². The van der Waals surface area contributed by atoms with Crippen LogP contribution in [0.1, 0.15) is 0 Å². The van der Waals surface area contributed by atoms with E-state index in [0.29, 0.717) is 14.6 Å². The average Bonchev–Trinajstić information content (AvgIpc) is 2.57. The molecule has 136 valence electrons. The SMILES string of the molecule is O=C(COc1ccccc1[N+](=O)[O-])NC(=S)Nc1cc(Br)c(O)c(Br)c1. The van der Waals surface area contributed by atoms with Crippen LogP contribution in [0.15, 0.2) is 45.3 Å². The highest BCUT2D eigenvalue weighted by Gasteiger charge is 2.15. The number of nitro groups is 1. The molecule has 0 aliphatic rings. The Balaban J connectivity index is 1.92. The van der Waals surface area contributed by atoms with Crippen LogP contribution in [-0.4, -0.2) is 27.7 Å². The molecule has 0 aliphatic carbocycles. The molecule has 0 atom stereocenters. The van der Waals surface area contributed by atoms with E-state index in [1.165, 1.54) is 18.2 Å². The van der Waals surface area contributed by atoms with Crippen molar-refractivity contribution in [1.29, 1.82) is 0 Å². The van der Waals surface area contributed by atoms with Crippen molar-refractivity contribution in [2.45, 2.75) is 0 Å². The molecule has 0 fully saturated rings. The number of ether oxygens (including phenoxy) is 1. The van der Waals surface area contributed by atoms with E-state index in [1.807, 2.05) is 0 Å². The fourth-order valence-corrected chi connectivity index (χ4v) is 3.25. The van der Waals surface area contributed by atoms with Gasteiger partial charge in [0.15, 0.2) is 17.5 Å². The van der Waals surface area contributed by atoms with Crippen LogP contribution in [0.4, 0.5) is 11.4 Å².